The van der Waals surface area contributed by atoms with Gasteiger partial charge in [-0.05, 0) is 12.1 Å². The molecule has 1 amide bonds. The molecule has 3 nitrogen and oxygen atoms in total. The van der Waals surface area contributed by atoms with Crippen molar-refractivity contribution in [1.29, 1.82) is 0 Å². The Bertz CT molecular complexity index is 492. The number of thioether (sulfide) groups is 1. The molecule has 0 spiro atoms. The molecule has 0 aliphatic carbocycles. The van der Waals surface area contributed by atoms with Crippen molar-refractivity contribution >= 4 is 23.5 Å². The SMILES string of the molecule is O=C(CSC(F)(F)C(F)(F)C(F)(F)F)Nc1ccccn1. The van der Waals surface area contributed by atoms with E-state index in [9.17, 15) is 35.5 Å². The maximum Gasteiger partial charge on any atom is 0.460 e. The van der Waals surface area contributed by atoms with Gasteiger partial charge in [0.25, 0.3) is 0 Å². The molecule has 118 valence electrons. The average Bonchev–Trinajstić information content (AvgIpc) is 2.36. The number of halogens is 7. The summed E-state index contributed by atoms with van der Waals surface area (Å²) in [6.07, 6.45) is -5.16. The molecule has 0 saturated heterocycles. The lowest BCUT2D eigenvalue weighted by atomic mass is 10.3. The third kappa shape index (κ3) is 4.22. The van der Waals surface area contributed by atoms with Crippen molar-refractivity contribution in [2.45, 2.75) is 17.4 Å². The Hall–Kier alpha value is -1.52. The van der Waals surface area contributed by atoms with E-state index >= 15 is 0 Å². The first-order chi connectivity index (χ1) is 9.47. The molecule has 0 atom stereocenters. The van der Waals surface area contributed by atoms with Crippen LogP contribution >= 0.6 is 11.8 Å². The van der Waals surface area contributed by atoms with Gasteiger partial charge in [-0.2, -0.15) is 30.7 Å². The molecular formula is C10H7F7N2OS. The fourth-order valence-corrected chi connectivity index (χ4v) is 1.71. The number of rotatable bonds is 5. The van der Waals surface area contributed by atoms with Crippen molar-refractivity contribution in [3.63, 3.8) is 0 Å². The number of aromatic nitrogens is 1. The highest BCUT2D eigenvalue weighted by molar-refractivity contribution is 8.01. The molecule has 0 bridgehead atoms. The smallest absolute Gasteiger partial charge is 0.310 e. The molecule has 0 radical (unpaired) electrons. The number of nitrogens with zero attached hydrogens (tertiary/aromatic N) is 1. The number of anilines is 1. The summed E-state index contributed by atoms with van der Waals surface area (Å²) in [4.78, 5) is 14.8. The zero-order valence-corrected chi connectivity index (χ0v) is 10.7. The van der Waals surface area contributed by atoms with Gasteiger partial charge in [0.2, 0.25) is 5.91 Å². The number of hydrogen-bond acceptors (Lipinski definition) is 3. The van der Waals surface area contributed by atoms with E-state index in [4.69, 9.17) is 0 Å². The minimum atomic E-state index is -6.42. The topological polar surface area (TPSA) is 42.0 Å². The Morgan fingerprint density at radius 3 is 2.24 bits per heavy atom. The fraction of sp³-hybridized carbons (Fsp3) is 0.400. The highest BCUT2D eigenvalue weighted by Gasteiger charge is 2.73. The third-order valence-electron chi connectivity index (χ3n) is 2.04. The van der Waals surface area contributed by atoms with Gasteiger partial charge in [0.15, 0.2) is 0 Å². The van der Waals surface area contributed by atoms with Gasteiger partial charge in [-0.3, -0.25) is 4.79 Å². The van der Waals surface area contributed by atoms with Crippen LogP contribution in [0.5, 0.6) is 0 Å². The van der Waals surface area contributed by atoms with Gasteiger partial charge in [-0.25, -0.2) is 4.98 Å². The van der Waals surface area contributed by atoms with E-state index in [1.807, 2.05) is 5.32 Å². The van der Waals surface area contributed by atoms with Gasteiger partial charge in [-0.15, -0.1) is 0 Å². The van der Waals surface area contributed by atoms with Crippen LogP contribution in [0, 0.1) is 0 Å². The normalized spacial score (nSPS) is 13.1. The molecule has 21 heavy (non-hydrogen) atoms. The number of carbonyl (C=O) groups is 1. The van der Waals surface area contributed by atoms with E-state index in [1.54, 1.807) is 0 Å². The number of amides is 1. The quantitative estimate of drug-likeness (QED) is 0.837. The molecule has 0 fully saturated rings. The van der Waals surface area contributed by atoms with Gasteiger partial charge < -0.3 is 5.32 Å². The second kappa shape index (κ2) is 6.08. The fourth-order valence-electron chi connectivity index (χ4n) is 1.03. The standard InChI is InChI=1S/C10H7F7N2OS/c11-8(12,9(13,14)15)10(16,17)21-5-7(20)19-6-3-1-2-4-18-6/h1-4H,5H2,(H,18,19,20). The molecule has 1 aromatic heterocycles. The summed E-state index contributed by atoms with van der Waals surface area (Å²) in [6, 6.07) is 4.22. The molecule has 0 saturated carbocycles. The highest BCUT2D eigenvalue weighted by atomic mass is 32.2. The van der Waals surface area contributed by atoms with Gasteiger partial charge >= 0.3 is 17.4 Å². The molecule has 1 aromatic rings. The van der Waals surface area contributed by atoms with E-state index in [0.29, 0.717) is 0 Å². The maximum atomic E-state index is 12.9. The van der Waals surface area contributed by atoms with Crippen LogP contribution < -0.4 is 5.32 Å². The summed E-state index contributed by atoms with van der Waals surface area (Å²) < 4.78 is 86.4. The molecule has 1 heterocycles. The van der Waals surface area contributed by atoms with Gasteiger partial charge in [0.05, 0.1) is 5.75 Å². The van der Waals surface area contributed by atoms with Crippen LogP contribution in [0.15, 0.2) is 24.4 Å². The van der Waals surface area contributed by atoms with E-state index < -0.39 is 40.8 Å². The van der Waals surface area contributed by atoms with Crippen molar-refractivity contribution in [3.05, 3.63) is 24.4 Å². The molecule has 1 rings (SSSR count). The summed E-state index contributed by atoms with van der Waals surface area (Å²) in [7, 11) is 0. The number of pyridine rings is 1. The number of carbonyl (C=O) groups excluding carboxylic acids is 1. The minimum Gasteiger partial charge on any atom is -0.310 e. The van der Waals surface area contributed by atoms with Crippen LogP contribution in [0.4, 0.5) is 36.6 Å². The van der Waals surface area contributed by atoms with Crippen LogP contribution in [0.1, 0.15) is 0 Å². The monoisotopic (exact) mass is 336 g/mol. The van der Waals surface area contributed by atoms with Crippen molar-refractivity contribution < 1.29 is 35.5 Å². The Labute approximate surface area is 117 Å². The Morgan fingerprint density at radius 1 is 1.14 bits per heavy atom. The summed E-state index contributed by atoms with van der Waals surface area (Å²) in [5, 5.41) is -3.49. The lowest BCUT2D eigenvalue weighted by Gasteiger charge is -2.27. The maximum absolute atomic E-state index is 12.9. The van der Waals surface area contributed by atoms with Gasteiger partial charge in [0, 0.05) is 6.20 Å². The molecule has 0 aromatic carbocycles. The number of hydrogen-bond donors (Lipinski definition) is 1. The molecule has 11 heteroatoms. The lowest BCUT2D eigenvalue weighted by Crippen LogP contribution is -2.50. The predicted octanol–water partition coefficient (Wildman–Crippen LogP) is 3.54. The average molecular weight is 336 g/mol. The molecule has 0 aliphatic heterocycles. The van der Waals surface area contributed by atoms with Crippen LogP contribution in [0.3, 0.4) is 0 Å². The van der Waals surface area contributed by atoms with Crippen LogP contribution in [-0.2, 0) is 4.79 Å². The summed E-state index contributed by atoms with van der Waals surface area (Å²) in [6.45, 7) is 0. The Balaban J connectivity index is 2.63. The highest BCUT2D eigenvalue weighted by Crippen LogP contribution is 2.51. The zero-order valence-electron chi connectivity index (χ0n) is 9.93. The van der Waals surface area contributed by atoms with Crippen molar-refractivity contribution in [2.24, 2.45) is 0 Å². The third-order valence-corrected chi connectivity index (χ3v) is 3.06. The molecule has 1 N–H and O–H groups in total. The predicted molar refractivity (Wildman–Crippen MR) is 61.3 cm³/mol. The molecule has 0 aliphatic rings. The second-order valence-corrected chi connectivity index (χ2v) is 4.73. The lowest BCUT2D eigenvalue weighted by molar-refractivity contribution is -0.330. The van der Waals surface area contributed by atoms with E-state index in [2.05, 4.69) is 4.98 Å². The minimum absolute atomic E-state index is 0.0472. The largest absolute Gasteiger partial charge is 0.460 e. The second-order valence-electron chi connectivity index (χ2n) is 3.64. The summed E-state index contributed by atoms with van der Waals surface area (Å²) in [5.41, 5.74) is 0. The first-order valence-electron chi connectivity index (χ1n) is 5.14. The molecular weight excluding hydrogens is 329 g/mol. The number of alkyl halides is 7. The zero-order chi connectivity index (χ0) is 16.3. The van der Waals surface area contributed by atoms with Crippen molar-refractivity contribution in [3.8, 4) is 0 Å². The summed E-state index contributed by atoms with van der Waals surface area (Å²) in [5.74, 6) is -8.77. The molecule has 0 unspecified atom stereocenters. The van der Waals surface area contributed by atoms with Crippen LogP contribution in [0.25, 0.3) is 0 Å². The Morgan fingerprint density at radius 2 is 1.76 bits per heavy atom. The first kappa shape index (κ1) is 17.5. The van der Waals surface area contributed by atoms with Crippen LogP contribution in [0.2, 0.25) is 0 Å². The van der Waals surface area contributed by atoms with Crippen LogP contribution in [-0.4, -0.2) is 34.0 Å². The summed E-state index contributed by atoms with van der Waals surface area (Å²) >= 11 is -1.10. The van der Waals surface area contributed by atoms with E-state index in [-0.39, 0.29) is 5.82 Å². The van der Waals surface area contributed by atoms with Crippen molar-refractivity contribution in [2.75, 3.05) is 11.1 Å². The van der Waals surface area contributed by atoms with E-state index in [0.717, 1.165) is 0 Å². The van der Waals surface area contributed by atoms with Gasteiger partial charge in [-0.1, -0.05) is 17.8 Å². The first-order valence-corrected chi connectivity index (χ1v) is 6.13. The van der Waals surface area contributed by atoms with Crippen molar-refractivity contribution in [1.82, 2.24) is 4.98 Å². The number of nitrogens with one attached hydrogen (secondary N) is 1. The van der Waals surface area contributed by atoms with Gasteiger partial charge in [0.1, 0.15) is 5.82 Å². The Kier molecular flexibility index (Phi) is 5.07. The van der Waals surface area contributed by atoms with E-state index in [1.165, 1.54) is 24.4 Å².